The lowest BCUT2D eigenvalue weighted by Crippen LogP contribution is -2.33. The van der Waals surface area contributed by atoms with E-state index in [0.717, 1.165) is 29.8 Å². The van der Waals surface area contributed by atoms with E-state index >= 15 is 0 Å². The summed E-state index contributed by atoms with van der Waals surface area (Å²) in [5, 5.41) is 7.01. The third-order valence-corrected chi connectivity index (χ3v) is 9.61. The lowest BCUT2D eigenvalue weighted by Gasteiger charge is -2.42. The highest BCUT2D eigenvalue weighted by molar-refractivity contribution is 6.05. The second-order valence-corrected chi connectivity index (χ2v) is 14.3. The molecule has 1 aliphatic carbocycles. The number of rotatable bonds is 13. The Morgan fingerprint density at radius 2 is 1.47 bits per heavy atom. The Morgan fingerprint density at radius 1 is 0.774 bits per heavy atom. The van der Waals surface area contributed by atoms with Crippen LogP contribution in [-0.4, -0.2) is 55.4 Å². The summed E-state index contributed by atoms with van der Waals surface area (Å²) in [4.78, 5) is 34.9. The summed E-state index contributed by atoms with van der Waals surface area (Å²) < 4.78 is 22.7. The maximum atomic E-state index is 13.1. The molecule has 53 heavy (non-hydrogen) atoms. The number of fused-ring (bicyclic) bond motifs is 2. The number of methoxy groups -OCH3 is 1. The van der Waals surface area contributed by atoms with Crippen LogP contribution in [0.3, 0.4) is 0 Å². The van der Waals surface area contributed by atoms with Crippen LogP contribution in [0.2, 0.25) is 0 Å². The summed E-state index contributed by atoms with van der Waals surface area (Å²) >= 11 is 0. The van der Waals surface area contributed by atoms with Gasteiger partial charge in [0.1, 0.15) is 32.0 Å². The Labute approximate surface area is 310 Å². The van der Waals surface area contributed by atoms with Crippen LogP contribution >= 0.6 is 0 Å². The maximum absolute atomic E-state index is 13.1. The fourth-order valence-corrected chi connectivity index (χ4v) is 6.44. The van der Waals surface area contributed by atoms with Gasteiger partial charge in [-0.05, 0) is 95.5 Å². The van der Waals surface area contributed by atoms with E-state index in [4.69, 9.17) is 25.4 Å². The molecule has 2 N–H and O–H groups in total. The summed E-state index contributed by atoms with van der Waals surface area (Å²) in [7, 11) is 1.59. The largest absolute Gasteiger partial charge is 0.487 e. The van der Waals surface area contributed by atoms with Crippen LogP contribution in [0, 0.1) is 12.3 Å². The van der Waals surface area contributed by atoms with E-state index in [9.17, 15) is 9.59 Å². The van der Waals surface area contributed by atoms with Crippen LogP contribution in [0.4, 0.5) is 17.2 Å². The summed E-state index contributed by atoms with van der Waals surface area (Å²) in [5.41, 5.74) is 6.35. The zero-order chi connectivity index (χ0) is 37.6. The molecule has 0 saturated heterocycles. The molecule has 0 fully saturated rings. The number of hydrogen-bond donors (Lipinski definition) is 2. The summed E-state index contributed by atoms with van der Waals surface area (Å²) in [6.45, 7) is 9.74. The molecule has 4 aromatic carbocycles. The third-order valence-electron chi connectivity index (χ3n) is 9.61. The summed E-state index contributed by atoms with van der Waals surface area (Å²) in [6.07, 6.45) is 9.25. The van der Waals surface area contributed by atoms with Crippen LogP contribution in [-0.2, 0) is 20.3 Å². The van der Waals surface area contributed by atoms with Crippen molar-refractivity contribution < 1.29 is 28.5 Å². The van der Waals surface area contributed by atoms with Gasteiger partial charge in [0, 0.05) is 41.1 Å². The number of hydrogen-bond acceptors (Lipinski definition) is 9. The van der Waals surface area contributed by atoms with Crippen LogP contribution in [0.15, 0.2) is 85.2 Å². The molecule has 1 aromatic heterocycles. The van der Waals surface area contributed by atoms with Crippen molar-refractivity contribution in [3.63, 3.8) is 0 Å². The summed E-state index contributed by atoms with van der Waals surface area (Å²) in [6, 6.07) is 23.6. The van der Waals surface area contributed by atoms with Crippen LogP contribution in [0.5, 0.6) is 11.5 Å². The van der Waals surface area contributed by atoms with E-state index in [2.05, 4.69) is 66.3 Å². The van der Waals surface area contributed by atoms with Gasteiger partial charge in [-0.15, -0.1) is 6.42 Å². The maximum Gasteiger partial charge on any atom is 0.338 e. The number of nitrogens with one attached hydrogen (secondary N) is 2. The molecule has 1 heterocycles. The third kappa shape index (κ3) is 8.59. The van der Waals surface area contributed by atoms with E-state index in [0.29, 0.717) is 52.6 Å². The average molecular weight is 713 g/mol. The molecule has 0 radical (unpaired) electrons. The molecular weight excluding hydrogens is 668 g/mol. The molecule has 0 spiro atoms. The number of benzene rings is 4. The van der Waals surface area contributed by atoms with E-state index in [1.165, 1.54) is 17.5 Å². The Hall–Kier alpha value is -5.92. The number of anilines is 3. The van der Waals surface area contributed by atoms with Crippen LogP contribution in [0.25, 0.3) is 10.9 Å². The number of esters is 1. The number of aromatic nitrogens is 2. The average Bonchev–Trinajstić information content (AvgIpc) is 3.15. The molecule has 0 saturated carbocycles. The van der Waals surface area contributed by atoms with Crippen molar-refractivity contribution in [3.8, 4) is 23.8 Å². The number of carbonyl (C=O) groups excluding carboxylic acids is 2. The fraction of sp³-hybridized carbons (Fsp3) is 0.302. The second kappa shape index (κ2) is 15.8. The van der Waals surface area contributed by atoms with Gasteiger partial charge in [0.2, 0.25) is 0 Å². The quantitative estimate of drug-likeness (QED) is 0.0707. The molecule has 10 heteroatoms. The van der Waals surface area contributed by atoms with Crippen molar-refractivity contribution in [2.75, 3.05) is 44.2 Å². The first-order valence-electron chi connectivity index (χ1n) is 17.6. The second-order valence-electron chi connectivity index (χ2n) is 14.3. The predicted octanol–water partition coefficient (Wildman–Crippen LogP) is 8.22. The molecule has 6 rings (SSSR count). The number of terminal acetylenes is 1. The Morgan fingerprint density at radius 3 is 2.21 bits per heavy atom. The van der Waals surface area contributed by atoms with E-state index in [-0.39, 0.29) is 30.0 Å². The van der Waals surface area contributed by atoms with Crippen LogP contribution < -0.4 is 20.1 Å². The molecule has 10 nitrogen and oxygen atoms in total. The lowest BCUT2D eigenvalue weighted by atomic mass is 9.63. The Balaban J connectivity index is 1.08. The minimum Gasteiger partial charge on any atom is -0.487 e. The smallest absolute Gasteiger partial charge is 0.338 e. The first-order chi connectivity index (χ1) is 25.5. The minimum atomic E-state index is -0.538. The topological polar surface area (TPSA) is 121 Å². The fourth-order valence-electron chi connectivity index (χ4n) is 6.44. The van der Waals surface area contributed by atoms with Crippen molar-refractivity contribution >= 4 is 40.0 Å². The van der Waals surface area contributed by atoms with Gasteiger partial charge in [0.25, 0.3) is 5.91 Å². The molecular formula is C43H44N4O6. The van der Waals surface area contributed by atoms with Gasteiger partial charge < -0.3 is 29.6 Å². The highest BCUT2D eigenvalue weighted by atomic mass is 16.6. The molecule has 1 amide bonds. The molecule has 272 valence electrons. The van der Waals surface area contributed by atoms with Gasteiger partial charge in [0.05, 0.1) is 17.7 Å². The first kappa shape index (κ1) is 36.9. The van der Waals surface area contributed by atoms with Crippen molar-refractivity contribution in [2.24, 2.45) is 0 Å². The zero-order valence-electron chi connectivity index (χ0n) is 30.7. The van der Waals surface area contributed by atoms with Gasteiger partial charge >= 0.3 is 5.97 Å². The van der Waals surface area contributed by atoms with Crippen LogP contribution in [0.1, 0.15) is 77.9 Å². The van der Waals surface area contributed by atoms with Crippen molar-refractivity contribution in [1.82, 2.24) is 9.97 Å². The van der Waals surface area contributed by atoms with Crippen molar-refractivity contribution in [3.05, 3.63) is 113 Å². The summed E-state index contributed by atoms with van der Waals surface area (Å²) in [5.74, 6) is 3.27. The SMILES string of the molecule is C#Cc1cccc(Nc2ncnc3cc(OCCOC)c(OCCOC(=O)c4ccc(C(=O)Nc5ccc6c(c5)C(C)(C)CCC6(C)C)cc4)cc23)c1. The monoisotopic (exact) mass is 712 g/mol. The highest BCUT2D eigenvalue weighted by Gasteiger charge is 2.37. The molecule has 5 aromatic rings. The number of carbonyl (C=O) groups is 2. The number of nitrogens with zero attached hydrogens (tertiary/aromatic N) is 2. The van der Waals surface area contributed by atoms with E-state index in [1.54, 1.807) is 43.5 Å². The van der Waals surface area contributed by atoms with E-state index in [1.807, 2.05) is 30.3 Å². The van der Waals surface area contributed by atoms with E-state index < -0.39 is 5.97 Å². The van der Waals surface area contributed by atoms with Crippen molar-refractivity contribution in [1.29, 1.82) is 0 Å². The van der Waals surface area contributed by atoms with Gasteiger partial charge in [-0.3, -0.25) is 4.79 Å². The molecule has 0 atom stereocenters. The molecule has 0 bridgehead atoms. The minimum absolute atomic E-state index is 0.0285. The predicted molar refractivity (Wildman–Crippen MR) is 206 cm³/mol. The Kier molecular flexibility index (Phi) is 11.0. The van der Waals surface area contributed by atoms with Gasteiger partial charge in [-0.2, -0.15) is 0 Å². The lowest BCUT2D eigenvalue weighted by molar-refractivity contribution is 0.0448. The molecule has 0 aliphatic heterocycles. The standard InChI is InChI=1S/C43H44N4O6/c1-7-28-9-8-10-31(23-28)46-39-33-25-37(38(51-20-19-50-6)26-36(33)44-27-45-39)52-21-22-53-41(49)30-13-11-29(12-14-30)40(48)47-32-15-16-34-35(24-32)43(4,5)18-17-42(34,2)3/h1,8-16,23-27H,17-22H2,2-6H3,(H,47,48)(H,44,45,46). The normalized spacial score (nSPS) is 14.0. The number of ether oxygens (including phenoxy) is 4. The molecule has 0 unspecified atom stereocenters. The zero-order valence-corrected chi connectivity index (χ0v) is 30.7. The highest BCUT2D eigenvalue weighted by Crippen LogP contribution is 2.46. The Bertz CT molecular complexity index is 2170. The first-order valence-corrected chi connectivity index (χ1v) is 17.6. The van der Waals surface area contributed by atoms with Crippen molar-refractivity contribution in [2.45, 2.75) is 51.4 Å². The number of amides is 1. The molecule has 1 aliphatic rings. The van der Waals surface area contributed by atoms with Gasteiger partial charge in [-0.25, -0.2) is 14.8 Å². The van der Waals surface area contributed by atoms with Gasteiger partial charge in [-0.1, -0.05) is 45.7 Å². The van der Waals surface area contributed by atoms with Gasteiger partial charge in [0.15, 0.2) is 11.5 Å².